The molecule has 10 heteroatoms. The van der Waals surface area contributed by atoms with Crippen molar-refractivity contribution in [2.24, 2.45) is 0 Å². The number of phenols is 1. The molecule has 9 nitrogen and oxygen atoms in total. The molecule has 1 aliphatic rings. The smallest absolute Gasteiger partial charge is 0.240 e. The van der Waals surface area contributed by atoms with Crippen LogP contribution in [0.4, 0.5) is 23.1 Å². The molecule has 0 aliphatic carbocycles. The number of anilines is 4. The Labute approximate surface area is 186 Å². The molecule has 0 saturated carbocycles. The van der Waals surface area contributed by atoms with Gasteiger partial charge in [0, 0.05) is 36.2 Å². The zero-order valence-electron chi connectivity index (χ0n) is 17.6. The van der Waals surface area contributed by atoms with Crippen molar-refractivity contribution in [1.29, 1.82) is 0 Å². The van der Waals surface area contributed by atoms with Crippen LogP contribution in [-0.2, 0) is 16.4 Å². The standard InChI is InChI=1S/C22H25N5O4S/c1-15-14-16(32(30,31)24-11-13-28)7-8-18(15)25-22-23-10-9-21(26-22)27-12-3-4-17-19(27)5-2-6-20(17)29/h2,5-10,14,24,28-29H,3-4,11-13H2,1H3,(H,23,25,26). The lowest BCUT2D eigenvalue weighted by atomic mass is 10.0. The monoisotopic (exact) mass is 455 g/mol. The number of aliphatic hydroxyl groups is 1. The third-order valence-corrected chi connectivity index (χ3v) is 6.76. The first kappa shape index (κ1) is 22.0. The van der Waals surface area contributed by atoms with E-state index >= 15 is 0 Å². The summed E-state index contributed by atoms with van der Waals surface area (Å²) >= 11 is 0. The summed E-state index contributed by atoms with van der Waals surface area (Å²) in [6, 6.07) is 12.0. The molecule has 0 amide bonds. The zero-order chi connectivity index (χ0) is 22.7. The highest BCUT2D eigenvalue weighted by molar-refractivity contribution is 7.89. The summed E-state index contributed by atoms with van der Waals surface area (Å²) < 4.78 is 26.9. The Morgan fingerprint density at radius 1 is 1.19 bits per heavy atom. The van der Waals surface area contributed by atoms with Crippen LogP contribution in [-0.4, -0.2) is 48.3 Å². The summed E-state index contributed by atoms with van der Waals surface area (Å²) in [6.45, 7) is 2.26. The Hall–Kier alpha value is -3.21. The summed E-state index contributed by atoms with van der Waals surface area (Å²) in [7, 11) is -3.68. The lowest BCUT2D eigenvalue weighted by Crippen LogP contribution is -2.26. The maximum absolute atomic E-state index is 12.3. The van der Waals surface area contributed by atoms with Crippen LogP contribution in [0.2, 0.25) is 0 Å². The van der Waals surface area contributed by atoms with Gasteiger partial charge in [-0.2, -0.15) is 4.98 Å². The summed E-state index contributed by atoms with van der Waals surface area (Å²) in [4.78, 5) is 11.1. The SMILES string of the molecule is Cc1cc(S(=O)(=O)NCCO)ccc1Nc1nccc(N2CCCc3c(O)cccc32)n1. The topological polar surface area (TPSA) is 128 Å². The van der Waals surface area contributed by atoms with Crippen LogP contribution in [0, 0.1) is 6.92 Å². The average molecular weight is 456 g/mol. The van der Waals surface area contributed by atoms with Gasteiger partial charge in [-0.3, -0.25) is 0 Å². The Bertz CT molecular complexity index is 1230. The molecule has 0 radical (unpaired) electrons. The highest BCUT2D eigenvalue weighted by Gasteiger charge is 2.22. The van der Waals surface area contributed by atoms with Crippen LogP contribution in [0.1, 0.15) is 17.5 Å². The summed E-state index contributed by atoms with van der Waals surface area (Å²) in [5.41, 5.74) is 3.23. The molecular formula is C22H25N5O4S. The number of aromatic nitrogens is 2. The molecule has 2 aromatic carbocycles. The van der Waals surface area contributed by atoms with E-state index in [9.17, 15) is 13.5 Å². The molecule has 4 rings (SSSR count). The van der Waals surface area contributed by atoms with Crippen LogP contribution in [0.3, 0.4) is 0 Å². The first-order chi connectivity index (χ1) is 15.4. The average Bonchev–Trinajstić information content (AvgIpc) is 2.79. The number of rotatable bonds is 7. The van der Waals surface area contributed by atoms with E-state index in [0.717, 1.165) is 30.6 Å². The number of nitrogens with one attached hydrogen (secondary N) is 2. The van der Waals surface area contributed by atoms with Gasteiger partial charge >= 0.3 is 0 Å². The minimum absolute atomic E-state index is 0.0422. The molecule has 168 valence electrons. The summed E-state index contributed by atoms with van der Waals surface area (Å²) in [5, 5.41) is 22.2. The van der Waals surface area contributed by atoms with Gasteiger partial charge in [0.1, 0.15) is 11.6 Å². The van der Waals surface area contributed by atoms with Gasteiger partial charge in [-0.05, 0) is 61.7 Å². The Morgan fingerprint density at radius 3 is 2.81 bits per heavy atom. The van der Waals surface area contributed by atoms with Crippen LogP contribution >= 0.6 is 0 Å². The van der Waals surface area contributed by atoms with Gasteiger partial charge in [0.15, 0.2) is 0 Å². The van der Waals surface area contributed by atoms with E-state index in [1.54, 1.807) is 31.3 Å². The summed E-state index contributed by atoms with van der Waals surface area (Å²) in [5.74, 6) is 1.38. The van der Waals surface area contributed by atoms with Crippen molar-refractivity contribution in [3.8, 4) is 5.75 Å². The first-order valence-corrected chi connectivity index (χ1v) is 11.8. The van der Waals surface area contributed by atoms with Gasteiger partial charge in [-0.15, -0.1) is 0 Å². The second kappa shape index (κ2) is 9.11. The fraction of sp³-hybridized carbons (Fsp3) is 0.273. The van der Waals surface area contributed by atoms with E-state index in [4.69, 9.17) is 5.11 Å². The number of phenolic OH excluding ortho intramolecular Hbond substituents is 1. The molecule has 4 N–H and O–H groups in total. The maximum Gasteiger partial charge on any atom is 0.240 e. The third kappa shape index (κ3) is 4.52. The fourth-order valence-corrected chi connectivity index (χ4v) is 4.84. The molecule has 2 heterocycles. The third-order valence-electron chi connectivity index (χ3n) is 5.30. The van der Waals surface area contributed by atoms with Crippen molar-refractivity contribution in [1.82, 2.24) is 14.7 Å². The van der Waals surface area contributed by atoms with E-state index < -0.39 is 10.0 Å². The number of sulfonamides is 1. The molecule has 0 bridgehead atoms. The predicted octanol–water partition coefficient (Wildman–Crippen LogP) is 2.59. The van der Waals surface area contributed by atoms with E-state index in [1.165, 1.54) is 6.07 Å². The molecule has 0 atom stereocenters. The van der Waals surface area contributed by atoms with E-state index in [0.29, 0.717) is 28.8 Å². The van der Waals surface area contributed by atoms with Gasteiger partial charge < -0.3 is 20.4 Å². The molecule has 1 aliphatic heterocycles. The molecule has 3 aromatic rings. The van der Waals surface area contributed by atoms with Crippen LogP contribution in [0.15, 0.2) is 53.6 Å². The van der Waals surface area contributed by atoms with E-state index in [2.05, 4.69) is 24.9 Å². The molecule has 0 saturated heterocycles. The lowest BCUT2D eigenvalue weighted by molar-refractivity contribution is 0.301. The quantitative estimate of drug-likeness (QED) is 0.428. The van der Waals surface area contributed by atoms with Crippen LogP contribution in [0.5, 0.6) is 5.75 Å². The molecule has 0 unspecified atom stereocenters. The molecular weight excluding hydrogens is 430 g/mol. The van der Waals surface area contributed by atoms with Crippen molar-refractivity contribution in [2.45, 2.75) is 24.7 Å². The molecule has 1 aromatic heterocycles. The predicted molar refractivity (Wildman–Crippen MR) is 122 cm³/mol. The normalized spacial score (nSPS) is 13.6. The largest absolute Gasteiger partial charge is 0.508 e. The van der Waals surface area contributed by atoms with Crippen molar-refractivity contribution < 1.29 is 18.6 Å². The number of hydrogen-bond donors (Lipinski definition) is 4. The van der Waals surface area contributed by atoms with E-state index in [1.807, 2.05) is 18.2 Å². The van der Waals surface area contributed by atoms with Gasteiger partial charge in [0.2, 0.25) is 16.0 Å². The minimum Gasteiger partial charge on any atom is -0.508 e. The van der Waals surface area contributed by atoms with E-state index in [-0.39, 0.29) is 18.0 Å². The van der Waals surface area contributed by atoms with Crippen molar-refractivity contribution >= 4 is 33.2 Å². The number of nitrogens with zero attached hydrogens (tertiary/aromatic N) is 3. The number of aryl methyl sites for hydroxylation is 1. The molecule has 0 spiro atoms. The lowest BCUT2D eigenvalue weighted by Gasteiger charge is -2.30. The van der Waals surface area contributed by atoms with Crippen molar-refractivity contribution in [3.63, 3.8) is 0 Å². The van der Waals surface area contributed by atoms with Gasteiger partial charge in [0.05, 0.1) is 11.5 Å². The Balaban J connectivity index is 1.58. The van der Waals surface area contributed by atoms with Crippen molar-refractivity contribution in [2.75, 3.05) is 29.9 Å². The number of hydrogen-bond acceptors (Lipinski definition) is 8. The summed E-state index contributed by atoms with van der Waals surface area (Å²) in [6.07, 6.45) is 3.38. The molecule has 32 heavy (non-hydrogen) atoms. The minimum atomic E-state index is -3.68. The Morgan fingerprint density at radius 2 is 2.03 bits per heavy atom. The van der Waals surface area contributed by atoms with Gasteiger partial charge in [-0.1, -0.05) is 6.07 Å². The number of fused-ring (bicyclic) bond motifs is 1. The van der Waals surface area contributed by atoms with Crippen LogP contribution in [0.25, 0.3) is 0 Å². The molecule has 0 fully saturated rings. The number of benzene rings is 2. The second-order valence-corrected chi connectivity index (χ2v) is 9.26. The highest BCUT2D eigenvalue weighted by atomic mass is 32.2. The van der Waals surface area contributed by atoms with Crippen molar-refractivity contribution in [3.05, 3.63) is 59.8 Å². The second-order valence-electron chi connectivity index (χ2n) is 7.49. The highest BCUT2D eigenvalue weighted by Crippen LogP contribution is 2.37. The number of aromatic hydroxyl groups is 1. The Kier molecular flexibility index (Phi) is 6.26. The van der Waals surface area contributed by atoms with Gasteiger partial charge in [0.25, 0.3) is 0 Å². The fourth-order valence-electron chi connectivity index (χ4n) is 3.73. The van der Waals surface area contributed by atoms with Crippen LogP contribution < -0.4 is 14.9 Å². The number of aliphatic hydroxyl groups excluding tert-OH is 1. The van der Waals surface area contributed by atoms with Gasteiger partial charge in [-0.25, -0.2) is 18.1 Å². The maximum atomic E-state index is 12.3. The zero-order valence-corrected chi connectivity index (χ0v) is 18.4. The first-order valence-electron chi connectivity index (χ1n) is 10.3.